The average Bonchev–Trinajstić information content (AvgIpc) is 2.84. The second-order valence-electron chi connectivity index (χ2n) is 4.31. The Hall–Kier alpha value is -1.62. The summed E-state index contributed by atoms with van der Waals surface area (Å²) in [5, 5.41) is 4.06. The number of Topliss-reactive ketones (excluding diaryl/α,β-unsaturated/α-hetero) is 1. The van der Waals surface area contributed by atoms with E-state index in [0.717, 1.165) is 17.3 Å². The molecule has 0 amide bonds. The van der Waals surface area contributed by atoms with Gasteiger partial charge < -0.3 is 0 Å². The van der Waals surface area contributed by atoms with Crippen LogP contribution in [0.3, 0.4) is 0 Å². The van der Waals surface area contributed by atoms with Crippen molar-refractivity contribution in [2.45, 2.75) is 31.7 Å². The third kappa shape index (κ3) is 3.92. The van der Waals surface area contributed by atoms with Crippen molar-refractivity contribution in [2.75, 3.05) is 5.75 Å². The molecule has 0 aliphatic carbocycles. The van der Waals surface area contributed by atoms with Crippen molar-refractivity contribution in [3.05, 3.63) is 42.0 Å². The fraction of sp³-hybridized carbons (Fsp3) is 0.357. The number of nitrogens with zero attached hydrogens (tertiary/aromatic N) is 3. The molecule has 0 unspecified atom stereocenters. The molecule has 0 saturated carbocycles. The number of hydrogen-bond donors (Lipinski definition) is 0. The third-order valence-electron chi connectivity index (χ3n) is 2.74. The highest BCUT2D eigenvalue weighted by molar-refractivity contribution is 8.00. The maximum Gasteiger partial charge on any atom is 0.150 e. The quantitative estimate of drug-likeness (QED) is 0.760. The van der Waals surface area contributed by atoms with E-state index >= 15 is 0 Å². The van der Waals surface area contributed by atoms with Crippen molar-refractivity contribution in [2.24, 2.45) is 0 Å². The maximum absolute atomic E-state index is 11.9. The first-order valence-corrected chi connectivity index (χ1v) is 7.25. The van der Waals surface area contributed by atoms with Gasteiger partial charge in [-0.2, -0.15) is 5.10 Å². The Balaban J connectivity index is 1.88. The monoisotopic (exact) mass is 275 g/mol. The summed E-state index contributed by atoms with van der Waals surface area (Å²) in [6.07, 6.45) is 1.85. The molecule has 0 atom stereocenters. The predicted octanol–water partition coefficient (Wildman–Crippen LogP) is 2.51. The summed E-state index contributed by atoms with van der Waals surface area (Å²) in [5.74, 6) is 1.39. The van der Waals surface area contributed by atoms with E-state index in [1.54, 1.807) is 16.4 Å². The summed E-state index contributed by atoms with van der Waals surface area (Å²) < 4.78 is 1.76. The van der Waals surface area contributed by atoms with Gasteiger partial charge in [0.25, 0.3) is 0 Å². The average molecular weight is 275 g/mol. The first kappa shape index (κ1) is 13.8. The van der Waals surface area contributed by atoms with Crippen LogP contribution in [-0.4, -0.2) is 26.3 Å². The minimum Gasteiger partial charge on any atom is -0.298 e. The molecule has 5 heteroatoms. The molecule has 19 heavy (non-hydrogen) atoms. The van der Waals surface area contributed by atoms with E-state index in [1.807, 2.05) is 19.1 Å². The molecule has 1 heterocycles. The summed E-state index contributed by atoms with van der Waals surface area (Å²) in [7, 11) is 0. The van der Waals surface area contributed by atoms with Gasteiger partial charge in [0, 0.05) is 11.4 Å². The normalized spacial score (nSPS) is 10.6. The van der Waals surface area contributed by atoms with E-state index in [2.05, 4.69) is 29.1 Å². The number of carbonyl (C=O) groups is 1. The number of ketones is 1. The van der Waals surface area contributed by atoms with E-state index < -0.39 is 0 Å². The van der Waals surface area contributed by atoms with E-state index in [-0.39, 0.29) is 5.78 Å². The zero-order valence-electron chi connectivity index (χ0n) is 11.2. The Labute approximate surface area is 117 Å². The number of carbonyl (C=O) groups excluding carboxylic acids is 1. The molecule has 2 rings (SSSR count). The lowest BCUT2D eigenvalue weighted by molar-refractivity contribution is -0.116. The van der Waals surface area contributed by atoms with Gasteiger partial charge in [-0.15, -0.1) is 11.8 Å². The van der Waals surface area contributed by atoms with Crippen molar-refractivity contribution in [1.82, 2.24) is 14.8 Å². The van der Waals surface area contributed by atoms with E-state index in [1.165, 1.54) is 11.9 Å². The Morgan fingerprint density at radius 3 is 3.00 bits per heavy atom. The topological polar surface area (TPSA) is 47.8 Å². The molecule has 0 aliphatic heterocycles. The molecular weight excluding hydrogens is 258 g/mol. The zero-order chi connectivity index (χ0) is 13.7. The Morgan fingerprint density at radius 1 is 1.42 bits per heavy atom. The van der Waals surface area contributed by atoms with E-state index in [9.17, 15) is 4.79 Å². The van der Waals surface area contributed by atoms with Gasteiger partial charge in [0.2, 0.25) is 0 Å². The maximum atomic E-state index is 11.9. The molecule has 0 N–H and O–H groups in total. The van der Waals surface area contributed by atoms with Crippen LogP contribution in [0.25, 0.3) is 0 Å². The van der Waals surface area contributed by atoms with Crippen molar-refractivity contribution in [3.63, 3.8) is 0 Å². The van der Waals surface area contributed by atoms with Crippen LogP contribution in [0.4, 0.5) is 0 Å². The van der Waals surface area contributed by atoms with Crippen molar-refractivity contribution in [1.29, 1.82) is 0 Å². The van der Waals surface area contributed by atoms with Gasteiger partial charge in [0.1, 0.15) is 12.2 Å². The van der Waals surface area contributed by atoms with Crippen molar-refractivity contribution >= 4 is 17.5 Å². The van der Waals surface area contributed by atoms with E-state index in [0.29, 0.717) is 12.2 Å². The van der Waals surface area contributed by atoms with Gasteiger partial charge in [0.05, 0.1) is 12.2 Å². The van der Waals surface area contributed by atoms with Crippen LogP contribution >= 0.6 is 11.8 Å². The molecule has 0 bridgehead atoms. The fourth-order valence-electron chi connectivity index (χ4n) is 1.79. The minimum absolute atomic E-state index is 0.175. The Morgan fingerprint density at radius 2 is 2.26 bits per heavy atom. The lowest BCUT2D eigenvalue weighted by Crippen LogP contribution is -2.12. The summed E-state index contributed by atoms with van der Waals surface area (Å²) in [6.45, 7) is 4.79. The van der Waals surface area contributed by atoms with Gasteiger partial charge in [-0.3, -0.25) is 4.79 Å². The summed E-state index contributed by atoms with van der Waals surface area (Å²) in [5.41, 5.74) is 1.21. The van der Waals surface area contributed by atoms with E-state index in [4.69, 9.17) is 0 Å². The van der Waals surface area contributed by atoms with Gasteiger partial charge in [-0.05, 0) is 26.0 Å². The highest BCUT2D eigenvalue weighted by Gasteiger charge is 2.09. The number of hydrogen-bond acceptors (Lipinski definition) is 4. The van der Waals surface area contributed by atoms with Gasteiger partial charge >= 0.3 is 0 Å². The third-order valence-corrected chi connectivity index (χ3v) is 3.79. The Bertz CT molecular complexity index is 565. The standard InChI is InChI=1S/C14H17N3OS/c1-3-17-14(15-10-16-17)8-12(18)9-19-13-6-4-5-11(2)7-13/h4-7,10H,3,8-9H2,1-2H3. The second kappa shape index (κ2) is 6.52. The second-order valence-corrected chi connectivity index (χ2v) is 5.36. The van der Waals surface area contributed by atoms with Gasteiger partial charge in [0.15, 0.2) is 5.78 Å². The molecule has 1 aromatic heterocycles. The molecule has 0 fully saturated rings. The van der Waals surface area contributed by atoms with Crippen LogP contribution in [0.15, 0.2) is 35.5 Å². The van der Waals surface area contributed by atoms with Crippen molar-refractivity contribution < 1.29 is 4.79 Å². The largest absolute Gasteiger partial charge is 0.298 e. The molecule has 100 valence electrons. The first-order chi connectivity index (χ1) is 9.19. The number of rotatable bonds is 6. The van der Waals surface area contributed by atoms with Crippen molar-refractivity contribution in [3.8, 4) is 0 Å². The molecule has 0 aliphatic rings. The first-order valence-electron chi connectivity index (χ1n) is 6.27. The van der Waals surface area contributed by atoms with Gasteiger partial charge in [-0.25, -0.2) is 9.67 Å². The number of thioether (sulfide) groups is 1. The smallest absolute Gasteiger partial charge is 0.150 e. The Kier molecular flexibility index (Phi) is 4.74. The SMILES string of the molecule is CCn1ncnc1CC(=O)CSc1cccc(C)c1. The highest BCUT2D eigenvalue weighted by Crippen LogP contribution is 2.19. The molecule has 1 aromatic carbocycles. The minimum atomic E-state index is 0.175. The summed E-state index contributed by atoms with van der Waals surface area (Å²) in [6, 6.07) is 8.18. The number of aryl methyl sites for hydroxylation is 2. The lowest BCUT2D eigenvalue weighted by Gasteiger charge is -2.03. The van der Waals surface area contributed by atoms with Crippen LogP contribution in [0, 0.1) is 6.92 Å². The molecule has 0 radical (unpaired) electrons. The fourth-order valence-corrected chi connectivity index (χ4v) is 2.66. The molecule has 2 aromatic rings. The van der Waals surface area contributed by atoms with Crippen LogP contribution in [0.1, 0.15) is 18.3 Å². The van der Waals surface area contributed by atoms with Gasteiger partial charge in [-0.1, -0.05) is 17.7 Å². The lowest BCUT2D eigenvalue weighted by atomic mass is 10.2. The van der Waals surface area contributed by atoms with Crippen LogP contribution in [0.5, 0.6) is 0 Å². The predicted molar refractivity (Wildman–Crippen MR) is 76.3 cm³/mol. The summed E-state index contributed by atoms with van der Waals surface area (Å²) in [4.78, 5) is 17.2. The molecule has 0 spiro atoms. The van der Waals surface area contributed by atoms with Crippen LogP contribution in [0.2, 0.25) is 0 Å². The summed E-state index contributed by atoms with van der Waals surface area (Å²) >= 11 is 1.57. The number of benzene rings is 1. The van der Waals surface area contributed by atoms with Crippen LogP contribution in [-0.2, 0) is 17.8 Å². The highest BCUT2D eigenvalue weighted by atomic mass is 32.2. The molecular formula is C14H17N3OS. The molecule has 4 nitrogen and oxygen atoms in total. The zero-order valence-corrected chi connectivity index (χ0v) is 12.0. The number of aromatic nitrogens is 3. The molecule has 0 saturated heterocycles. The van der Waals surface area contributed by atoms with Crippen LogP contribution < -0.4 is 0 Å².